The van der Waals surface area contributed by atoms with Crippen LogP contribution >= 0.6 is 0 Å². The Bertz CT molecular complexity index is 750. The minimum absolute atomic E-state index is 0.0189. The molecule has 2 aromatic heterocycles. The van der Waals surface area contributed by atoms with Crippen LogP contribution in [0.4, 0.5) is 5.69 Å². The van der Waals surface area contributed by atoms with Gasteiger partial charge in [0.1, 0.15) is 0 Å². The van der Waals surface area contributed by atoms with Gasteiger partial charge < -0.3 is 9.80 Å². The monoisotopic (exact) mass is 322 g/mol. The molecule has 24 heavy (non-hydrogen) atoms. The molecule has 0 radical (unpaired) electrons. The molecule has 0 aromatic carbocycles. The lowest BCUT2D eigenvalue weighted by atomic mass is 9.95. The first kappa shape index (κ1) is 14.8. The van der Waals surface area contributed by atoms with Crippen molar-refractivity contribution in [2.45, 2.75) is 31.3 Å². The Morgan fingerprint density at radius 3 is 2.62 bits per heavy atom. The molecule has 2 aliphatic rings. The van der Waals surface area contributed by atoms with Crippen molar-refractivity contribution < 1.29 is 9.59 Å². The minimum atomic E-state index is 0.0189. The van der Waals surface area contributed by atoms with E-state index in [9.17, 15) is 9.59 Å². The molecule has 6 heteroatoms. The van der Waals surface area contributed by atoms with Crippen LogP contribution in [-0.2, 0) is 4.79 Å². The van der Waals surface area contributed by atoms with Crippen molar-refractivity contribution in [1.82, 2.24) is 14.9 Å². The number of carbonyl (C=O) groups is 2. The van der Waals surface area contributed by atoms with Gasteiger partial charge in [-0.3, -0.25) is 19.6 Å². The average Bonchev–Trinajstić information content (AvgIpc) is 3.06. The van der Waals surface area contributed by atoms with E-state index in [-0.39, 0.29) is 23.9 Å². The third-order valence-corrected chi connectivity index (χ3v) is 4.88. The van der Waals surface area contributed by atoms with Gasteiger partial charge in [-0.2, -0.15) is 0 Å². The van der Waals surface area contributed by atoms with Crippen LogP contribution in [0.3, 0.4) is 0 Å². The fourth-order valence-corrected chi connectivity index (χ4v) is 3.81. The Morgan fingerprint density at radius 2 is 1.88 bits per heavy atom. The van der Waals surface area contributed by atoms with Crippen LogP contribution < -0.4 is 4.90 Å². The number of rotatable bonds is 2. The number of amides is 2. The van der Waals surface area contributed by atoms with Crippen molar-refractivity contribution in [3.05, 3.63) is 54.6 Å². The normalized spacial score (nSPS) is 23.2. The molecule has 2 atom stereocenters. The highest BCUT2D eigenvalue weighted by atomic mass is 16.2. The van der Waals surface area contributed by atoms with E-state index in [2.05, 4.69) is 9.97 Å². The smallest absolute Gasteiger partial charge is 0.254 e. The second kappa shape index (κ2) is 6.03. The van der Waals surface area contributed by atoms with E-state index in [1.54, 1.807) is 36.9 Å². The van der Waals surface area contributed by atoms with Crippen molar-refractivity contribution in [1.29, 1.82) is 0 Å². The number of piperidine rings is 1. The summed E-state index contributed by atoms with van der Waals surface area (Å²) < 4.78 is 0. The lowest BCUT2D eigenvalue weighted by Crippen LogP contribution is -2.53. The van der Waals surface area contributed by atoms with Crippen LogP contribution in [0.5, 0.6) is 0 Å². The molecule has 0 saturated carbocycles. The molecule has 2 amide bonds. The zero-order valence-electron chi connectivity index (χ0n) is 13.2. The topological polar surface area (TPSA) is 66.4 Å². The van der Waals surface area contributed by atoms with Crippen LogP contribution in [0.25, 0.3) is 0 Å². The van der Waals surface area contributed by atoms with E-state index in [0.717, 1.165) is 18.5 Å². The summed E-state index contributed by atoms with van der Waals surface area (Å²) in [5.41, 5.74) is 1.46. The summed E-state index contributed by atoms with van der Waals surface area (Å²) in [5.74, 6) is 0.132. The van der Waals surface area contributed by atoms with Crippen molar-refractivity contribution >= 4 is 17.5 Å². The van der Waals surface area contributed by atoms with Gasteiger partial charge in [0.05, 0.1) is 24.0 Å². The molecule has 4 heterocycles. The molecule has 0 N–H and O–H groups in total. The fourth-order valence-electron chi connectivity index (χ4n) is 3.81. The maximum Gasteiger partial charge on any atom is 0.254 e. The van der Waals surface area contributed by atoms with Crippen molar-refractivity contribution in [2.75, 3.05) is 11.4 Å². The summed E-state index contributed by atoms with van der Waals surface area (Å²) in [4.78, 5) is 37.1. The molecule has 122 valence electrons. The maximum absolute atomic E-state index is 12.8. The van der Waals surface area contributed by atoms with Crippen LogP contribution in [0.1, 0.15) is 29.6 Å². The van der Waals surface area contributed by atoms with Gasteiger partial charge in [0.2, 0.25) is 5.91 Å². The lowest BCUT2D eigenvalue weighted by Gasteiger charge is -2.39. The predicted octanol–water partition coefficient (Wildman–Crippen LogP) is 1.89. The Balaban J connectivity index is 1.61. The number of hydrogen-bond acceptors (Lipinski definition) is 4. The lowest BCUT2D eigenvalue weighted by molar-refractivity contribution is -0.120. The first-order chi connectivity index (χ1) is 11.8. The largest absolute Gasteiger partial charge is 0.333 e. The number of nitrogens with zero attached hydrogens (tertiary/aromatic N) is 4. The van der Waals surface area contributed by atoms with Crippen LogP contribution in [-0.4, -0.2) is 45.3 Å². The summed E-state index contributed by atoms with van der Waals surface area (Å²) in [6, 6.07) is 7.30. The van der Waals surface area contributed by atoms with Gasteiger partial charge in [-0.25, -0.2) is 0 Å². The van der Waals surface area contributed by atoms with Gasteiger partial charge in [-0.15, -0.1) is 0 Å². The Kier molecular flexibility index (Phi) is 3.72. The molecule has 0 aliphatic carbocycles. The quantitative estimate of drug-likeness (QED) is 0.847. The van der Waals surface area contributed by atoms with E-state index in [0.29, 0.717) is 18.5 Å². The predicted molar refractivity (Wildman–Crippen MR) is 88.4 cm³/mol. The van der Waals surface area contributed by atoms with Crippen molar-refractivity contribution in [3.8, 4) is 0 Å². The minimum Gasteiger partial charge on any atom is -0.333 e. The average molecular weight is 322 g/mol. The molecule has 0 unspecified atom stereocenters. The SMILES string of the molecule is O=C(c1ccncc1)N1CC[C@@H]2[C@H]1CCC(=O)N2c1cccnc1. The zero-order chi connectivity index (χ0) is 16.5. The zero-order valence-corrected chi connectivity index (χ0v) is 13.2. The van der Waals surface area contributed by atoms with E-state index in [1.807, 2.05) is 21.9 Å². The summed E-state index contributed by atoms with van der Waals surface area (Å²) >= 11 is 0. The first-order valence-corrected chi connectivity index (χ1v) is 8.19. The number of fused-ring (bicyclic) bond motifs is 1. The molecule has 4 rings (SSSR count). The number of anilines is 1. The molecular weight excluding hydrogens is 304 g/mol. The van der Waals surface area contributed by atoms with Gasteiger partial charge in [0.25, 0.3) is 5.91 Å². The number of pyridine rings is 2. The fraction of sp³-hybridized carbons (Fsp3) is 0.333. The molecule has 2 aliphatic heterocycles. The number of carbonyl (C=O) groups excluding carboxylic acids is 2. The number of likely N-dealkylation sites (tertiary alicyclic amines) is 1. The second-order valence-corrected chi connectivity index (χ2v) is 6.17. The van der Waals surface area contributed by atoms with Gasteiger partial charge in [-0.05, 0) is 37.1 Å². The second-order valence-electron chi connectivity index (χ2n) is 6.17. The maximum atomic E-state index is 12.8. The third kappa shape index (κ3) is 2.44. The van der Waals surface area contributed by atoms with E-state index in [1.165, 1.54) is 0 Å². The highest BCUT2D eigenvalue weighted by molar-refractivity contribution is 5.97. The number of hydrogen-bond donors (Lipinski definition) is 0. The summed E-state index contributed by atoms with van der Waals surface area (Å²) in [6.07, 6.45) is 8.65. The van der Waals surface area contributed by atoms with Gasteiger partial charge >= 0.3 is 0 Å². The summed E-state index contributed by atoms with van der Waals surface area (Å²) in [5, 5.41) is 0. The summed E-state index contributed by atoms with van der Waals surface area (Å²) in [6.45, 7) is 0.667. The van der Waals surface area contributed by atoms with E-state index in [4.69, 9.17) is 0 Å². The Morgan fingerprint density at radius 1 is 1.04 bits per heavy atom. The first-order valence-electron chi connectivity index (χ1n) is 8.19. The van der Waals surface area contributed by atoms with Gasteiger partial charge in [0, 0.05) is 37.1 Å². The molecular formula is C18H18N4O2. The highest BCUT2D eigenvalue weighted by Crippen LogP contribution is 2.35. The summed E-state index contributed by atoms with van der Waals surface area (Å²) in [7, 11) is 0. The molecule has 6 nitrogen and oxygen atoms in total. The number of aromatic nitrogens is 2. The molecule has 0 spiro atoms. The molecule has 0 bridgehead atoms. The van der Waals surface area contributed by atoms with Crippen molar-refractivity contribution in [2.24, 2.45) is 0 Å². The molecule has 2 saturated heterocycles. The van der Waals surface area contributed by atoms with Crippen LogP contribution in [0.2, 0.25) is 0 Å². The highest BCUT2D eigenvalue weighted by Gasteiger charge is 2.45. The van der Waals surface area contributed by atoms with E-state index >= 15 is 0 Å². The molecule has 2 fully saturated rings. The Hall–Kier alpha value is -2.76. The molecule has 2 aromatic rings. The van der Waals surface area contributed by atoms with Crippen LogP contribution in [0, 0.1) is 0 Å². The van der Waals surface area contributed by atoms with Crippen molar-refractivity contribution in [3.63, 3.8) is 0 Å². The van der Waals surface area contributed by atoms with E-state index < -0.39 is 0 Å². The van der Waals surface area contributed by atoms with Gasteiger partial charge in [0.15, 0.2) is 0 Å². The standard InChI is InChI=1S/C18H18N4O2/c23-17-4-3-15-16(22(17)14-2-1-8-20-12-14)7-11-21(15)18(24)13-5-9-19-10-6-13/h1-2,5-6,8-10,12,15-16H,3-4,7,11H2/t15-,16-/m1/s1. The third-order valence-electron chi connectivity index (χ3n) is 4.88. The van der Waals surface area contributed by atoms with Crippen LogP contribution in [0.15, 0.2) is 49.1 Å². The Labute approximate surface area is 140 Å². The van der Waals surface area contributed by atoms with Gasteiger partial charge in [-0.1, -0.05) is 0 Å².